The van der Waals surface area contributed by atoms with Crippen LogP contribution >= 0.6 is 23.6 Å². The van der Waals surface area contributed by atoms with Crippen molar-refractivity contribution < 1.29 is 4.74 Å². The van der Waals surface area contributed by atoms with Gasteiger partial charge in [0.25, 0.3) is 0 Å². The van der Waals surface area contributed by atoms with Gasteiger partial charge < -0.3 is 4.74 Å². The smallest absolute Gasteiger partial charge is 0.199 e. The van der Waals surface area contributed by atoms with Crippen LogP contribution in [0.5, 0.6) is 5.75 Å². The van der Waals surface area contributed by atoms with Gasteiger partial charge >= 0.3 is 0 Å². The summed E-state index contributed by atoms with van der Waals surface area (Å²) in [6.45, 7) is 6.99. The fraction of sp³-hybridized carbons (Fsp3) is 0.478. The molecule has 0 spiro atoms. The molecule has 158 valence electrons. The Morgan fingerprint density at radius 3 is 2.63 bits per heavy atom. The van der Waals surface area contributed by atoms with E-state index in [2.05, 4.69) is 59.0 Å². The predicted molar refractivity (Wildman–Crippen MR) is 124 cm³/mol. The van der Waals surface area contributed by atoms with Crippen LogP contribution in [0.2, 0.25) is 0 Å². The van der Waals surface area contributed by atoms with Crippen molar-refractivity contribution in [1.82, 2.24) is 19.2 Å². The maximum absolute atomic E-state index is 6.33. The SMILES string of the molecule is Cc1ccc(C)c(OC2CCN(Cn3nc(-c4cccs4)n(C4CC4)c3=S)CC2)c1. The van der Waals surface area contributed by atoms with Gasteiger partial charge in [-0.3, -0.25) is 9.47 Å². The number of aromatic nitrogens is 3. The normalized spacial score (nSPS) is 18.1. The Balaban J connectivity index is 1.25. The fourth-order valence-corrected chi connectivity index (χ4v) is 5.16. The molecule has 5 rings (SSSR count). The highest BCUT2D eigenvalue weighted by molar-refractivity contribution is 7.71. The largest absolute Gasteiger partial charge is 0.490 e. The quantitative estimate of drug-likeness (QED) is 0.468. The summed E-state index contributed by atoms with van der Waals surface area (Å²) in [5, 5.41) is 7.04. The van der Waals surface area contributed by atoms with Crippen LogP contribution in [0.1, 0.15) is 42.9 Å². The highest BCUT2D eigenvalue weighted by Crippen LogP contribution is 2.39. The molecule has 0 amide bonds. The molecule has 1 saturated heterocycles. The van der Waals surface area contributed by atoms with Crippen molar-refractivity contribution in [3.63, 3.8) is 0 Å². The van der Waals surface area contributed by atoms with Crippen LogP contribution in [0.15, 0.2) is 35.7 Å². The van der Waals surface area contributed by atoms with Gasteiger partial charge in [-0.1, -0.05) is 18.2 Å². The van der Waals surface area contributed by atoms with Gasteiger partial charge in [0, 0.05) is 19.1 Å². The van der Waals surface area contributed by atoms with E-state index in [1.54, 1.807) is 11.3 Å². The second kappa shape index (κ2) is 8.29. The van der Waals surface area contributed by atoms with Gasteiger partial charge in [-0.2, -0.15) is 0 Å². The molecule has 1 aliphatic carbocycles. The molecular formula is C23H28N4OS2. The number of piperidine rings is 1. The zero-order chi connectivity index (χ0) is 20.7. The predicted octanol–water partition coefficient (Wildman–Crippen LogP) is 5.60. The number of hydrogen-bond acceptors (Lipinski definition) is 5. The summed E-state index contributed by atoms with van der Waals surface area (Å²) in [5.41, 5.74) is 2.45. The third kappa shape index (κ3) is 4.11. The molecule has 2 aromatic heterocycles. The van der Waals surface area contributed by atoms with Crippen LogP contribution in [0.4, 0.5) is 0 Å². The van der Waals surface area contributed by atoms with Gasteiger partial charge in [-0.25, -0.2) is 4.68 Å². The minimum atomic E-state index is 0.278. The average Bonchev–Trinajstić information content (AvgIpc) is 3.31. The Hall–Kier alpha value is -1.96. The number of ether oxygens (including phenoxy) is 1. The Kier molecular flexibility index (Phi) is 5.52. The third-order valence-corrected chi connectivity index (χ3v) is 7.30. The first-order valence-electron chi connectivity index (χ1n) is 10.8. The Morgan fingerprint density at radius 1 is 1.13 bits per heavy atom. The number of thiophene rings is 1. The van der Waals surface area contributed by atoms with E-state index in [1.807, 2.05) is 4.68 Å². The highest BCUT2D eigenvalue weighted by atomic mass is 32.1. The van der Waals surface area contributed by atoms with E-state index in [9.17, 15) is 0 Å². The first-order valence-corrected chi connectivity index (χ1v) is 12.1. The lowest BCUT2D eigenvalue weighted by Gasteiger charge is -2.32. The summed E-state index contributed by atoms with van der Waals surface area (Å²) in [7, 11) is 0. The molecule has 0 radical (unpaired) electrons. The van der Waals surface area contributed by atoms with Crippen LogP contribution in [0.3, 0.4) is 0 Å². The summed E-state index contributed by atoms with van der Waals surface area (Å²) < 4.78 is 11.5. The van der Waals surface area contributed by atoms with Crippen LogP contribution in [0.25, 0.3) is 10.7 Å². The number of hydrogen-bond donors (Lipinski definition) is 0. The fourth-order valence-electron chi connectivity index (χ4n) is 4.12. The van der Waals surface area contributed by atoms with Crippen molar-refractivity contribution in [1.29, 1.82) is 0 Å². The van der Waals surface area contributed by atoms with Crippen molar-refractivity contribution in [2.45, 2.75) is 58.3 Å². The molecular weight excluding hydrogens is 412 g/mol. The molecule has 0 bridgehead atoms. The first-order chi connectivity index (χ1) is 14.6. The van der Waals surface area contributed by atoms with Gasteiger partial charge in [0.2, 0.25) is 0 Å². The molecule has 7 heteroatoms. The van der Waals surface area contributed by atoms with Crippen molar-refractivity contribution in [2.24, 2.45) is 0 Å². The third-order valence-electron chi connectivity index (χ3n) is 6.03. The molecule has 30 heavy (non-hydrogen) atoms. The standard InChI is InChI=1S/C23H28N4OS2/c1-16-5-6-17(2)20(14-16)28-19-9-11-25(12-10-19)15-26-23(29)27(18-7-8-18)22(24-26)21-4-3-13-30-21/h3-6,13-14,18-19H,7-12,15H2,1-2H3. The average molecular weight is 441 g/mol. The zero-order valence-corrected chi connectivity index (χ0v) is 19.2. The number of benzene rings is 1. The molecule has 2 fully saturated rings. The molecule has 2 aliphatic rings. The molecule has 1 aliphatic heterocycles. The number of rotatable bonds is 6. The van der Waals surface area contributed by atoms with Crippen molar-refractivity contribution in [3.8, 4) is 16.5 Å². The zero-order valence-electron chi connectivity index (χ0n) is 17.6. The van der Waals surface area contributed by atoms with Crippen LogP contribution in [-0.4, -0.2) is 38.4 Å². The molecule has 3 heterocycles. The van der Waals surface area contributed by atoms with Gasteiger partial charge in [0.05, 0.1) is 11.5 Å². The lowest BCUT2D eigenvalue weighted by molar-refractivity contribution is 0.0796. The van der Waals surface area contributed by atoms with E-state index < -0.39 is 0 Å². The molecule has 5 nitrogen and oxygen atoms in total. The topological polar surface area (TPSA) is 35.2 Å². The highest BCUT2D eigenvalue weighted by Gasteiger charge is 2.30. The number of likely N-dealkylation sites (tertiary alicyclic amines) is 1. The van der Waals surface area contributed by atoms with E-state index in [0.717, 1.165) is 48.9 Å². The molecule has 0 atom stereocenters. The number of aryl methyl sites for hydroxylation is 2. The summed E-state index contributed by atoms with van der Waals surface area (Å²) in [6, 6.07) is 11.2. The van der Waals surface area contributed by atoms with Gasteiger partial charge in [0.15, 0.2) is 10.6 Å². The summed E-state index contributed by atoms with van der Waals surface area (Å²) >= 11 is 7.56. The van der Waals surface area contributed by atoms with E-state index in [0.29, 0.717) is 6.04 Å². The maximum atomic E-state index is 6.33. The van der Waals surface area contributed by atoms with E-state index in [-0.39, 0.29) is 6.10 Å². The Bertz CT molecular complexity index is 1070. The van der Waals surface area contributed by atoms with Crippen LogP contribution in [-0.2, 0) is 6.67 Å². The minimum absolute atomic E-state index is 0.278. The Labute approximate surface area is 186 Å². The van der Waals surface area contributed by atoms with Crippen molar-refractivity contribution in [2.75, 3.05) is 13.1 Å². The molecule has 1 aromatic carbocycles. The molecule has 0 N–H and O–H groups in total. The lowest BCUT2D eigenvalue weighted by Crippen LogP contribution is -2.39. The van der Waals surface area contributed by atoms with E-state index in [4.69, 9.17) is 22.1 Å². The maximum Gasteiger partial charge on any atom is 0.199 e. The lowest BCUT2D eigenvalue weighted by atomic mass is 10.1. The van der Waals surface area contributed by atoms with Gasteiger partial charge in [-0.05, 0) is 80.4 Å². The second-order valence-corrected chi connectivity index (χ2v) is 9.84. The van der Waals surface area contributed by atoms with Crippen molar-refractivity contribution in [3.05, 3.63) is 51.6 Å². The van der Waals surface area contributed by atoms with Gasteiger partial charge in [-0.15, -0.1) is 16.4 Å². The summed E-state index contributed by atoms with van der Waals surface area (Å²) in [4.78, 5) is 3.65. The van der Waals surface area contributed by atoms with Gasteiger partial charge in [0.1, 0.15) is 11.9 Å². The Morgan fingerprint density at radius 2 is 1.93 bits per heavy atom. The number of nitrogens with zero attached hydrogens (tertiary/aromatic N) is 4. The summed E-state index contributed by atoms with van der Waals surface area (Å²) in [5.74, 6) is 2.06. The summed E-state index contributed by atoms with van der Waals surface area (Å²) in [6.07, 6.45) is 4.75. The molecule has 1 saturated carbocycles. The molecule has 3 aromatic rings. The minimum Gasteiger partial charge on any atom is -0.490 e. The van der Waals surface area contributed by atoms with E-state index in [1.165, 1.54) is 28.8 Å². The van der Waals surface area contributed by atoms with Crippen LogP contribution in [0, 0.1) is 18.6 Å². The second-order valence-electron chi connectivity index (χ2n) is 8.53. The van der Waals surface area contributed by atoms with Crippen molar-refractivity contribution >= 4 is 23.6 Å². The first kappa shape index (κ1) is 20.0. The molecule has 0 unspecified atom stereocenters. The monoisotopic (exact) mass is 440 g/mol. The van der Waals surface area contributed by atoms with E-state index >= 15 is 0 Å². The van der Waals surface area contributed by atoms with Crippen LogP contribution < -0.4 is 4.74 Å².